The summed E-state index contributed by atoms with van der Waals surface area (Å²) >= 11 is 0. The van der Waals surface area contributed by atoms with Crippen LogP contribution >= 0.6 is 0 Å². The van der Waals surface area contributed by atoms with Crippen molar-refractivity contribution in [3.05, 3.63) is 0 Å². The molecular formula is C14H30N2O. The van der Waals surface area contributed by atoms with E-state index < -0.39 is 0 Å². The third kappa shape index (κ3) is 6.39. The number of nitrogens with two attached hydrogens (primary N) is 1. The van der Waals surface area contributed by atoms with Gasteiger partial charge in [-0.15, -0.1) is 0 Å². The van der Waals surface area contributed by atoms with Crippen LogP contribution in [0.1, 0.15) is 46.0 Å². The van der Waals surface area contributed by atoms with Crippen molar-refractivity contribution >= 4 is 0 Å². The Morgan fingerprint density at radius 1 is 1.24 bits per heavy atom. The number of nitrogens with zero attached hydrogens (tertiary/aromatic N) is 1. The molecule has 3 nitrogen and oxygen atoms in total. The zero-order valence-corrected chi connectivity index (χ0v) is 11.8. The molecule has 3 heteroatoms. The molecule has 0 amide bonds. The van der Waals surface area contributed by atoms with E-state index in [9.17, 15) is 0 Å². The molecule has 1 rings (SSSR count). The predicted molar refractivity (Wildman–Crippen MR) is 73.1 cm³/mol. The van der Waals surface area contributed by atoms with Gasteiger partial charge in [0.05, 0.1) is 12.7 Å². The van der Waals surface area contributed by atoms with E-state index in [4.69, 9.17) is 10.5 Å². The Morgan fingerprint density at radius 2 is 1.94 bits per heavy atom. The number of hydrogen-bond donors (Lipinski definition) is 1. The van der Waals surface area contributed by atoms with E-state index in [2.05, 4.69) is 25.8 Å². The summed E-state index contributed by atoms with van der Waals surface area (Å²) in [7, 11) is 2.18. The highest BCUT2D eigenvalue weighted by Gasteiger charge is 2.21. The summed E-state index contributed by atoms with van der Waals surface area (Å²) in [6, 6.07) is 0.408. The van der Waals surface area contributed by atoms with E-state index in [1.54, 1.807) is 0 Å². The first-order valence-corrected chi connectivity index (χ1v) is 7.15. The van der Waals surface area contributed by atoms with Crippen LogP contribution in [-0.4, -0.2) is 43.8 Å². The van der Waals surface area contributed by atoms with Crippen LogP contribution in [0.2, 0.25) is 0 Å². The molecule has 0 saturated heterocycles. The predicted octanol–water partition coefficient (Wildman–Crippen LogP) is 2.25. The van der Waals surface area contributed by atoms with E-state index in [-0.39, 0.29) is 0 Å². The molecule has 1 saturated carbocycles. The van der Waals surface area contributed by atoms with E-state index in [0.717, 1.165) is 19.7 Å². The number of rotatable bonds is 6. The van der Waals surface area contributed by atoms with E-state index in [1.807, 2.05) is 0 Å². The molecule has 2 atom stereocenters. The molecule has 1 aliphatic rings. The highest BCUT2D eigenvalue weighted by molar-refractivity contribution is 4.78. The largest absolute Gasteiger partial charge is 0.377 e. The smallest absolute Gasteiger partial charge is 0.0596 e. The van der Waals surface area contributed by atoms with Crippen LogP contribution in [0.5, 0.6) is 0 Å². The second-order valence-corrected chi connectivity index (χ2v) is 5.74. The lowest BCUT2D eigenvalue weighted by atomic mass is 9.95. The number of likely N-dealkylation sites (N-methyl/N-ethyl adjacent to an activating group) is 1. The van der Waals surface area contributed by atoms with Crippen molar-refractivity contribution in [3.8, 4) is 0 Å². The average Bonchev–Trinajstić information content (AvgIpc) is 2.44. The van der Waals surface area contributed by atoms with Gasteiger partial charge in [0.25, 0.3) is 0 Å². The van der Waals surface area contributed by atoms with Gasteiger partial charge in [-0.25, -0.2) is 0 Å². The normalized spacial score (nSPS) is 26.5. The first-order valence-electron chi connectivity index (χ1n) is 7.15. The minimum absolute atomic E-state index is 0.337. The van der Waals surface area contributed by atoms with Gasteiger partial charge in [0, 0.05) is 19.1 Å². The molecule has 0 aromatic heterocycles. The first kappa shape index (κ1) is 14.9. The molecule has 0 heterocycles. The van der Waals surface area contributed by atoms with Crippen LogP contribution in [0, 0.1) is 5.92 Å². The van der Waals surface area contributed by atoms with E-state index in [1.165, 1.54) is 32.1 Å². The Balaban J connectivity index is 2.21. The molecule has 0 bridgehead atoms. The fourth-order valence-corrected chi connectivity index (χ4v) is 2.58. The Kier molecular flexibility index (Phi) is 7.09. The van der Waals surface area contributed by atoms with Crippen molar-refractivity contribution in [2.24, 2.45) is 11.7 Å². The van der Waals surface area contributed by atoms with Crippen molar-refractivity contribution in [2.45, 2.75) is 58.1 Å². The minimum atomic E-state index is 0.337. The zero-order valence-electron chi connectivity index (χ0n) is 11.8. The lowest BCUT2D eigenvalue weighted by Crippen LogP contribution is -2.38. The quantitative estimate of drug-likeness (QED) is 0.726. The van der Waals surface area contributed by atoms with Crippen molar-refractivity contribution in [1.29, 1.82) is 0 Å². The molecule has 0 spiro atoms. The number of ether oxygens (including phenoxy) is 1. The molecular weight excluding hydrogens is 212 g/mol. The van der Waals surface area contributed by atoms with Crippen molar-refractivity contribution in [3.63, 3.8) is 0 Å². The third-order valence-corrected chi connectivity index (χ3v) is 3.69. The maximum atomic E-state index is 6.25. The first-order chi connectivity index (χ1) is 8.09. The Bertz CT molecular complexity index is 197. The van der Waals surface area contributed by atoms with Gasteiger partial charge in [-0.2, -0.15) is 0 Å². The fraction of sp³-hybridized carbons (Fsp3) is 1.00. The highest BCUT2D eigenvalue weighted by atomic mass is 16.5. The van der Waals surface area contributed by atoms with Gasteiger partial charge in [0.15, 0.2) is 0 Å². The molecule has 0 aromatic rings. The molecule has 2 unspecified atom stereocenters. The molecule has 102 valence electrons. The van der Waals surface area contributed by atoms with Crippen molar-refractivity contribution < 1.29 is 4.74 Å². The van der Waals surface area contributed by atoms with Crippen LogP contribution in [-0.2, 0) is 4.74 Å². The van der Waals surface area contributed by atoms with Gasteiger partial charge in [0.2, 0.25) is 0 Å². The van der Waals surface area contributed by atoms with Crippen molar-refractivity contribution in [2.75, 3.05) is 26.7 Å². The standard InChI is InChI=1S/C14H30N2O/c1-12(2)17-10-9-16(3)11-13-7-5-4-6-8-14(13)15/h12-14H,4-11,15H2,1-3H3. The molecule has 0 aromatic carbocycles. The monoisotopic (exact) mass is 242 g/mol. The van der Waals surface area contributed by atoms with E-state index >= 15 is 0 Å². The van der Waals surface area contributed by atoms with E-state index in [0.29, 0.717) is 18.1 Å². The summed E-state index contributed by atoms with van der Waals surface area (Å²) in [5.41, 5.74) is 6.25. The summed E-state index contributed by atoms with van der Waals surface area (Å²) < 4.78 is 5.58. The second-order valence-electron chi connectivity index (χ2n) is 5.74. The van der Waals surface area contributed by atoms with Gasteiger partial charge >= 0.3 is 0 Å². The Hall–Kier alpha value is -0.120. The molecule has 1 aliphatic carbocycles. The fourth-order valence-electron chi connectivity index (χ4n) is 2.58. The lowest BCUT2D eigenvalue weighted by molar-refractivity contribution is 0.0601. The van der Waals surface area contributed by atoms with Crippen LogP contribution in [0.3, 0.4) is 0 Å². The van der Waals surface area contributed by atoms with Gasteiger partial charge in [-0.1, -0.05) is 19.3 Å². The lowest BCUT2D eigenvalue weighted by Gasteiger charge is -2.27. The Morgan fingerprint density at radius 3 is 2.65 bits per heavy atom. The van der Waals surface area contributed by atoms with Crippen LogP contribution < -0.4 is 5.73 Å². The molecule has 1 fully saturated rings. The summed E-state index contributed by atoms with van der Waals surface area (Å²) in [6.07, 6.45) is 6.89. The molecule has 0 aliphatic heterocycles. The molecule has 2 N–H and O–H groups in total. The topological polar surface area (TPSA) is 38.5 Å². The molecule has 17 heavy (non-hydrogen) atoms. The summed E-state index contributed by atoms with van der Waals surface area (Å²) in [5, 5.41) is 0. The van der Waals surface area contributed by atoms with Crippen LogP contribution in [0.25, 0.3) is 0 Å². The molecule has 0 radical (unpaired) electrons. The van der Waals surface area contributed by atoms with Gasteiger partial charge in [-0.3, -0.25) is 0 Å². The third-order valence-electron chi connectivity index (χ3n) is 3.69. The number of hydrogen-bond acceptors (Lipinski definition) is 3. The Labute approximate surface area is 107 Å². The van der Waals surface area contributed by atoms with Gasteiger partial charge < -0.3 is 15.4 Å². The van der Waals surface area contributed by atoms with Crippen LogP contribution in [0.15, 0.2) is 0 Å². The zero-order chi connectivity index (χ0) is 12.7. The SMILES string of the molecule is CC(C)OCCN(C)CC1CCCCCC1N. The maximum absolute atomic E-state index is 6.25. The second kappa shape index (κ2) is 8.06. The minimum Gasteiger partial charge on any atom is -0.377 e. The summed E-state index contributed by atoms with van der Waals surface area (Å²) in [4.78, 5) is 2.37. The summed E-state index contributed by atoms with van der Waals surface area (Å²) in [5.74, 6) is 0.682. The van der Waals surface area contributed by atoms with Crippen LogP contribution in [0.4, 0.5) is 0 Å². The average molecular weight is 242 g/mol. The van der Waals surface area contributed by atoms with Gasteiger partial charge in [-0.05, 0) is 39.7 Å². The highest BCUT2D eigenvalue weighted by Crippen LogP contribution is 2.22. The summed E-state index contributed by atoms with van der Waals surface area (Å²) in [6.45, 7) is 7.14. The maximum Gasteiger partial charge on any atom is 0.0596 e. The van der Waals surface area contributed by atoms with Crippen molar-refractivity contribution in [1.82, 2.24) is 4.90 Å². The van der Waals surface area contributed by atoms with Gasteiger partial charge in [0.1, 0.15) is 0 Å².